The molecule has 4 rings (SSSR count). The molecule has 0 unspecified atom stereocenters. The molecular formula is C10H10ClN3O. The van der Waals surface area contributed by atoms with Crippen LogP contribution in [0.2, 0.25) is 5.28 Å². The molecule has 1 N–H and O–H groups in total. The van der Waals surface area contributed by atoms with E-state index in [4.69, 9.17) is 11.6 Å². The Hall–Kier alpha value is -1.16. The number of rotatable bonds is 2. The number of halogens is 1. The summed E-state index contributed by atoms with van der Waals surface area (Å²) in [6.07, 6.45) is 4.86. The summed E-state index contributed by atoms with van der Waals surface area (Å²) < 4.78 is 0. The number of nitrogens with one attached hydrogen (secondary N) is 1. The Kier molecular flexibility index (Phi) is 1.77. The first-order valence-electron chi connectivity index (χ1n) is 4.98. The van der Waals surface area contributed by atoms with Crippen LogP contribution in [0.1, 0.15) is 29.8 Å². The van der Waals surface area contributed by atoms with Crippen LogP contribution in [0.5, 0.6) is 0 Å². The van der Waals surface area contributed by atoms with E-state index in [-0.39, 0.29) is 16.7 Å². The van der Waals surface area contributed by atoms with Crippen LogP contribution in [-0.2, 0) is 0 Å². The van der Waals surface area contributed by atoms with Crippen molar-refractivity contribution in [1.82, 2.24) is 15.3 Å². The molecule has 3 fully saturated rings. The fraction of sp³-hybridized carbons (Fsp3) is 0.500. The number of carbonyl (C=O) groups is 1. The monoisotopic (exact) mass is 223 g/mol. The normalized spacial score (nSPS) is 31.4. The quantitative estimate of drug-likeness (QED) is 0.772. The molecule has 1 aromatic rings. The third kappa shape index (κ3) is 1.40. The van der Waals surface area contributed by atoms with Gasteiger partial charge in [0.15, 0.2) is 0 Å². The van der Waals surface area contributed by atoms with Crippen molar-refractivity contribution < 1.29 is 4.79 Å². The van der Waals surface area contributed by atoms with Crippen molar-refractivity contribution in [2.45, 2.75) is 24.8 Å². The Morgan fingerprint density at radius 3 is 2.80 bits per heavy atom. The summed E-state index contributed by atoms with van der Waals surface area (Å²) in [4.78, 5) is 19.4. The molecule has 0 saturated heterocycles. The zero-order valence-electron chi connectivity index (χ0n) is 8.03. The fourth-order valence-corrected chi connectivity index (χ4v) is 2.55. The molecular weight excluding hydrogens is 214 g/mol. The van der Waals surface area contributed by atoms with E-state index in [9.17, 15) is 4.79 Å². The molecule has 4 nitrogen and oxygen atoms in total. The average Bonchev–Trinajstić information content (AvgIpc) is 2.09. The minimum absolute atomic E-state index is 0.0825. The molecule has 3 aliphatic carbocycles. The van der Waals surface area contributed by atoms with Gasteiger partial charge in [-0.05, 0) is 42.8 Å². The van der Waals surface area contributed by atoms with Crippen LogP contribution in [-0.4, -0.2) is 21.4 Å². The molecule has 1 heterocycles. The van der Waals surface area contributed by atoms with E-state index in [1.54, 1.807) is 6.07 Å². The van der Waals surface area contributed by atoms with Gasteiger partial charge in [0.1, 0.15) is 5.69 Å². The lowest BCUT2D eigenvalue weighted by molar-refractivity contribution is -0.0439. The van der Waals surface area contributed by atoms with Crippen LogP contribution in [0.3, 0.4) is 0 Å². The molecule has 0 spiro atoms. The van der Waals surface area contributed by atoms with Gasteiger partial charge >= 0.3 is 0 Å². The summed E-state index contributed by atoms with van der Waals surface area (Å²) in [5, 5.41) is 3.13. The zero-order chi connectivity index (χ0) is 10.5. The summed E-state index contributed by atoms with van der Waals surface area (Å²) in [6.45, 7) is 0. The predicted octanol–water partition coefficient (Wildman–Crippen LogP) is 1.41. The first-order chi connectivity index (χ1) is 7.17. The van der Waals surface area contributed by atoms with Crippen LogP contribution >= 0.6 is 11.6 Å². The fourth-order valence-electron chi connectivity index (χ4n) is 2.40. The highest BCUT2D eigenvalue weighted by atomic mass is 35.5. The lowest BCUT2D eigenvalue weighted by Gasteiger charge is -2.61. The van der Waals surface area contributed by atoms with Crippen molar-refractivity contribution in [3.8, 4) is 0 Å². The van der Waals surface area contributed by atoms with Gasteiger partial charge in [0.2, 0.25) is 5.28 Å². The van der Waals surface area contributed by atoms with Crippen LogP contribution in [0.4, 0.5) is 0 Å². The predicted molar refractivity (Wildman–Crippen MR) is 54.6 cm³/mol. The molecule has 0 radical (unpaired) electrons. The maximum atomic E-state index is 11.8. The van der Waals surface area contributed by atoms with E-state index in [2.05, 4.69) is 15.3 Å². The van der Waals surface area contributed by atoms with Gasteiger partial charge < -0.3 is 5.32 Å². The largest absolute Gasteiger partial charge is 0.345 e. The van der Waals surface area contributed by atoms with Crippen molar-refractivity contribution >= 4 is 17.5 Å². The van der Waals surface area contributed by atoms with Gasteiger partial charge in [-0.25, -0.2) is 9.97 Å². The second kappa shape index (κ2) is 2.92. The van der Waals surface area contributed by atoms with Crippen LogP contribution in [0, 0.1) is 5.92 Å². The molecule has 5 heteroatoms. The smallest absolute Gasteiger partial charge is 0.270 e. The molecule has 15 heavy (non-hydrogen) atoms. The Morgan fingerprint density at radius 1 is 1.53 bits per heavy atom. The molecule has 0 aromatic carbocycles. The number of aromatic nitrogens is 2. The van der Waals surface area contributed by atoms with E-state index in [0.29, 0.717) is 5.69 Å². The first kappa shape index (κ1) is 9.09. The first-order valence-corrected chi connectivity index (χ1v) is 5.36. The van der Waals surface area contributed by atoms with Crippen LogP contribution in [0.25, 0.3) is 0 Å². The van der Waals surface area contributed by atoms with Crippen molar-refractivity contribution in [2.75, 3.05) is 0 Å². The van der Waals surface area contributed by atoms with Gasteiger partial charge in [0.25, 0.3) is 5.91 Å². The number of carbonyl (C=O) groups excluding carboxylic acids is 1. The Morgan fingerprint density at radius 2 is 2.27 bits per heavy atom. The van der Waals surface area contributed by atoms with Gasteiger partial charge in [-0.3, -0.25) is 4.79 Å². The summed E-state index contributed by atoms with van der Waals surface area (Å²) >= 11 is 5.62. The summed E-state index contributed by atoms with van der Waals surface area (Å²) in [5.74, 6) is 0.705. The maximum absolute atomic E-state index is 11.8. The van der Waals surface area contributed by atoms with Crippen molar-refractivity contribution in [3.05, 3.63) is 23.2 Å². The van der Waals surface area contributed by atoms with Crippen molar-refractivity contribution in [1.29, 1.82) is 0 Å². The maximum Gasteiger partial charge on any atom is 0.270 e. The summed E-state index contributed by atoms with van der Waals surface area (Å²) in [7, 11) is 0. The second-order valence-electron chi connectivity index (χ2n) is 4.42. The van der Waals surface area contributed by atoms with E-state index in [0.717, 1.165) is 25.2 Å². The Balaban J connectivity index is 1.74. The minimum atomic E-state index is -0.141. The summed E-state index contributed by atoms with van der Waals surface area (Å²) in [6, 6.07) is 1.58. The molecule has 0 aliphatic heterocycles. The molecule has 78 valence electrons. The highest BCUT2D eigenvalue weighted by Crippen LogP contribution is 2.56. The van der Waals surface area contributed by atoms with Gasteiger partial charge in [0, 0.05) is 11.7 Å². The Labute approximate surface area is 92.1 Å². The van der Waals surface area contributed by atoms with Gasteiger partial charge in [0.05, 0.1) is 0 Å². The van der Waals surface area contributed by atoms with Gasteiger partial charge in [-0.15, -0.1) is 0 Å². The lowest BCUT2D eigenvalue weighted by Crippen LogP contribution is -2.68. The zero-order valence-corrected chi connectivity index (χ0v) is 8.79. The second-order valence-corrected chi connectivity index (χ2v) is 4.76. The van der Waals surface area contributed by atoms with Crippen molar-refractivity contribution in [3.63, 3.8) is 0 Å². The molecule has 1 aromatic heterocycles. The Bertz CT molecular complexity index is 417. The molecule has 1 amide bonds. The number of amides is 1. The number of hydrogen-bond acceptors (Lipinski definition) is 3. The topological polar surface area (TPSA) is 54.9 Å². The van der Waals surface area contributed by atoms with E-state index in [1.807, 2.05) is 0 Å². The highest BCUT2D eigenvalue weighted by Gasteiger charge is 2.57. The standard InChI is InChI=1S/C10H10ClN3O/c11-9-12-2-1-7(13-9)8(15)14-10-3-6(4-10)5-10/h1-2,6H,3-5H2,(H,14,15). The van der Waals surface area contributed by atoms with E-state index < -0.39 is 0 Å². The summed E-state index contributed by atoms with van der Waals surface area (Å²) in [5.41, 5.74) is 0.429. The molecule has 0 atom stereocenters. The van der Waals surface area contributed by atoms with Crippen LogP contribution < -0.4 is 5.32 Å². The highest BCUT2D eigenvalue weighted by molar-refractivity contribution is 6.28. The lowest BCUT2D eigenvalue weighted by atomic mass is 9.50. The van der Waals surface area contributed by atoms with Crippen LogP contribution in [0.15, 0.2) is 12.3 Å². The van der Waals surface area contributed by atoms with Crippen molar-refractivity contribution in [2.24, 2.45) is 5.92 Å². The third-order valence-electron chi connectivity index (χ3n) is 3.28. The minimum Gasteiger partial charge on any atom is -0.345 e. The van der Waals surface area contributed by atoms with E-state index >= 15 is 0 Å². The molecule has 3 saturated carbocycles. The van der Waals surface area contributed by atoms with E-state index in [1.165, 1.54) is 6.20 Å². The molecule has 2 bridgehead atoms. The third-order valence-corrected chi connectivity index (χ3v) is 3.46. The van der Waals surface area contributed by atoms with Gasteiger partial charge in [-0.1, -0.05) is 0 Å². The van der Waals surface area contributed by atoms with Gasteiger partial charge in [-0.2, -0.15) is 0 Å². The molecule has 3 aliphatic rings. The SMILES string of the molecule is O=C(NC12CC(C1)C2)c1ccnc(Cl)n1. The average molecular weight is 224 g/mol. The number of hydrogen-bond donors (Lipinski definition) is 1. The number of nitrogens with zero attached hydrogens (tertiary/aromatic N) is 2.